The van der Waals surface area contributed by atoms with Crippen LogP contribution in [0.25, 0.3) is 10.8 Å². The fraction of sp³-hybridized carbons (Fsp3) is 0.0833. The van der Waals surface area contributed by atoms with Crippen LogP contribution in [0.5, 0.6) is 5.75 Å². The monoisotopic (exact) mass is 217 g/mol. The zero-order chi connectivity index (χ0) is 10.8. The molecule has 0 saturated carbocycles. The van der Waals surface area contributed by atoms with Crippen molar-refractivity contribution < 1.29 is 4.74 Å². The van der Waals surface area contributed by atoms with E-state index in [-0.39, 0.29) is 0 Å². The Balaban J connectivity index is 2.83. The molecule has 0 radical (unpaired) electrons. The number of fused-ring (bicyclic) bond motifs is 1. The van der Waals surface area contributed by atoms with Crippen LogP contribution in [0.1, 0.15) is 5.56 Å². The molecule has 2 aromatic rings. The number of methoxy groups -OCH3 is 1. The Morgan fingerprint density at radius 2 is 1.80 bits per heavy atom. The minimum atomic E-state index is 0.411. The van der Waals surface area contributed by atoms with Gasteiger partial charge in [-0.05, 0) is 17.5 Å². The van der Waals surface area contributed by atoms with Crippen LogP contribution in [0, 0.1) is 0 Å². The molecule has 0 aliphatic heterocycles. The van der Waals surface area contributed by atoms with E-state index in [0.29, 0.717) is 4.99 Å². The van der Waals surface area contributed by atoms with E-state index in [2.05, 4.69) is 0 Å². The molecular formula is C12H11NOS. The third-order valence-electron chi connectivity index (χ3n) is 2.37. The Labute approximate surface area is 93.7 Å². The van der Waals surface area contributed by atoms with Gasteiger partial charge in [-0.15, -0.1) is 0 Å². The van der Waals surface area contributed by atoms with Crippen molar-refractivity contribution in [2.75, 3.05) is 7.11 Å². The largest absolute Gasteiger partial charge is 0.496 e. The van der Waals surface area contributed by atoms with Gasteiger partial charge >= 0.3 is 0 Å². The summed E-state index contributed by atoms with van der Waals surface area (Å²) in [5, 5.41) is 2.06. The van der Waals surface area contributed by atoms with E-state index >= 15 is 0 Å². The van der Waals surface area contributed by atoms with Crippen LogP contribution in [-0.2, 0) is 0 Å². The molecule has 0 fully saturated rings. The van der Waals surface area contributed by atoms with Gasteiger partial charge in [0.15, 0.2) is 0 Å². The highest BCUT2D eigenvalue weighted by atomic mass is 32.1. The maximum Gasteiger partial charge on any atom is 0.126 e. The van der Waals surface area contributed by atoms with Gasteiger partial charge in [0.05, 0.1) is 7.11 Å². The predicted octanol–water partition coefficient (Wildman–Crippen LogP) is 2.48. The minimum Gasteiger partial charge on any atom is -0.496 e. The molecule has 2 nitrogen and oxygen atoms in total. The molecule has 76 valence electrons. The Morgan fingerprint density at radius 3 is 2.40 bits per heavy atom. The van der Waals surface area contributed by atoms with Gasteiger partial charge in [0, 0.05) is 10.9 Å². The summed E-state index contributed by atoms with van der Waals surface area (Å²) in [6.07, 6.45) is 0. The summed E-state index contributed by atoms with van der Waals surface area (Å²) < 4.78 is 5.28. The second-order valence-electron chi connectivity index (χ2n) is 3.23. The average Bonchev–Trinajstić information content (AvgIpc) is 2.27. The molecule has 0 bridgehead atoms. The number of hydrogen-bond donors (Lipinski definition) is 1. The Kier molecular flexibility index (Phi) is 2.56. The maximum atomic E-state index is 5.66. The van der Waals surface area contributed by atoms with Crippen molar-refractivity contribution in [2.45, 2.75) is 0 Å². The first-order chi connectivity index (χ1) is 7.24. The maximum absolute atomic E-state index is 5.66. The van der Waals surface area contributed by atoms with Crippen molar-refractivity contribution in [1.82, 2.24) is 0 Å². The van der Waals surface area contributed by atoms with E-state index < -0.39 is 0 Å². The highest BCUT2D eigenvalue weighted by Gasteiger charge is 2.06. The fourth-order valence-corrected chi connectivity index (χ4v) is 1.84. The summed E-state index contributed by atoms with van der Waals surface area (Å²) in [6.45, 7) is 0. The lowest BCUT2D eigenvalue weighted by molar-refractivity contribution is 0.420. The molecule has 0 atom stereocenters. The van der Waals surface area contributed by atoms with E-state index in [9.17, 15) is 0 Å². The number of benzene rings is 2. The van der Waals surface area contributed by atoms with Gasteiger partial charge in [-0.3, -0.25) is 0 Å². The normalized spacial score (nSPS) is 10.2. The number of thiocarbonyl (C=S) groups is 1. The van der Waals surface area contributed by atoms with Gasteiger partial charge in [-0.2, -0.15) is 0 Å². The summed E-state index contributed by atoms with van der Waals surface area (Å²) in [5.41, 5.74) is 6.55. The number of ether oxygens (including phenoxy) is 1. The number of nitrogens with two attached hydrogens (primary N) is 1. The third kappa shape index (κ3) is 1.66. The smallest absolute Gasteiger partial charge is 0.126 e. The van der Waals surface area contributed by atoms with Gasteiger partial charge in [-0.25, -0.2) is 0 Å². The first-order valence-corrected chi connectivity index (χ1v) is 5.00. The SMILES string of the molecule is COc1ccc(C(N)=S)c2ccccc12. The molecule has 0 heterocycles. The van der Waals surface area contributed by atoms with Crippen LogP contribution >= 0.6 is 12.2 Å². The molecule has 2 N–H and O–H groups in total. The summed E-state index contributed by atoms with van der Waals surface area (Å²) in [5.74, 6) is 0.839. The highest BCUT2D eigenvalue weighted by Crippen LogP contribution is 2.28. The zero-order valence-electron chi connectivity index (χ0n) is 8.36. The lowest BCUT2D eigenvalue weighted by atomic mass is 10.0. The number of hydrogen-bond acceptors (Lipinski definition) is 2. The molecule has 2 rings (SSSR count). The molecular weight excluding hydrogens is 206 g/mol. The van der Waals surface area contributed by atoms with Crippen LogP contribution in [0.3, 0.4) is 0 Å². The second-order valence-corrected chi connectivity index (χ2v) is 3.67. The first-order valence-electron chi connectivity index (χ1n) is 4.59. The molecule has 0 saturated heterocycles. The van der Waals surface area contributed by atoms with Crippen LogP contribution in [0.2, 0.25) is 0 Å². The number of rotatable bonds is 2. The van der Waals surface area contributed by atoms with Crippen molar-refractivity contribution in [3.05, 3.63) is 42.0 Å². The molecule has 0 unspecified atom stereocenters. The van der Waals surface area contributed by atoms with E-state index in [1.807, 2.05) is 36.4 Å². The Bertz CT molecular complexity index is 522. The van der Waals surface area contributed by atoms with E-state index in [0.717, 1.165) is 22.1 Å². The quantitative estimate of drug-likeness (QED) is 0.785. The van der Waals surface area contributed by atoms with Gasteiger partial charge in [-0.1, -0.05) is 36.5 Å². The lowest BCUT2D eigenvalue weighted by Gasteiger charge is -2.08. The molecule has 2 aromatic carbocycles. The molecule has 0 aliphatic rings. The van der Waals surface area contributed by atoms with Gasteiger partial charge in [0.2, 0.25) is 0 Å². The van der Waals surface area contributed by atoms with Crippen LogP contribution < -0.4 is 10.5 Å². The predicted molar refractivity (Wildman–Crippen MR) is 66.4 cm³/mol. The van der Waals surface area contributed by atoms with Gasteiger partial charge in [0.1, 0.15) is 10.7 Å². The Hall–Kier alpha value is -1.61. The van der Waals surface area contributed by atoms with Crippen molar-refractivity contribution in [1.29, 1.82) is 0 Å². The molecule has 3 heteroatoms. The van der Waals surface area contributed by atoms with E-state index in [1.165, 1.54) is 0 Å². The molecule has 0 spiro atoms. The average molecular weight is 217 g/mol. The van der Waals surface area contributed by atoms with Crippen LogP contribution in [-0.4, -0.2) is 12.1 Å². The van der Waals surface area contributed by atoms with Crippen molar-refractivity contribution >= 4 is 28.0 Å². The first kappa shape index (κ1) is 9.93. The minimum absolute atomic E-state index is 0.411. The molecule has 0 aromatic heterocycles. The third-order valence-corrected chi connectivity index (χ3v) is 2.59. The summed E-state index contributed by atoms with van der Waals surface area (Å²) in [6, 6.07) is 11.7. The summed E-state index contributed by atoms with van der Waals surface area (Å²) >= 11 is 5.01. The van der Waals surface area contributed by atoms with Crippen LogP contribution in [0.4, 0.5) is 0 Å². The second kappa shape index (κ2) is 3.87. The summed E-state index contributed by atoms with van der Waals surface area (Å²) in [7, 11) is 1.65. The van der Waals surface area contributed by atoms with E-state index in [4.69, 9.17) is 22.7 Å². The van der Waals surface area contributed by atoms with Gasteiger partial charge < -0.3 is 10.5 Å². The van der Waals surface area contributed by atoms with Crippen LogP contribution in [0.15, 0.2) is 36.4 Å². The molecule has 0 amide bonds. The van der Waals surface area contributed by atoms with Crippen molar-refractivity contribution in [2.24, 2.45) is 5.73 Å². The molecule has 15 heavy (non-hydrogen) atoms. The van der Waals surface area contributed by atoms with E-state index in [1.54, 1.807) is 7.11 Å². The fourth-order valence-electron chi connectivity index (χ4n) is 1.66. The topological polar surface area (TPSA) is 35.2 Å². The summed E-state index contributed by atoms with van der Waals surface area (Å²) in [4.78, 5) is 0.411. The Morgan fingerprint density at radius 1 is 1.13 bits per heavy atom. The van der Waals surface area contributed by atoms with Gasteiger partial charge in [0.25, 0.3) is 0 Å². The highest BCUT2D eigenvalue weighted by molar-refractivity contribution is 7.80. The lowest BCUT2D eigenvalue weighted by Crippen LogP contribution is -2.09. The van der Waals surface area contributed by atoms with Crippen molar-refractivity contribution in [3.63, 3.8) is 0 Å². The zero-order valence-corrected chi connectivity index (χ0v) is 9.17. The van der Waals surface area contributed by atoms with Crippen molar-refractivity contribution in [3.8, 4) is 5.75 Å². The standard InChI is InChI=1S/C12H11NOS/c1-14-11-7-6-10(12(13)15)8-4-2-3-5-9(8)11/h2-7H,1H3,(H2,13,15). The molecule has 0 aliphatic carbocycles.